The molecule has 0 atom stereocenters. The van der Waals surface area contributed by atoms with Crippen LogP contribution in [-0.2, 0) is 0 Å². The maximum absolute atomic E-state index is 13.1. The summed E-state index contributed by atoms with van der Waals surface area (Å²) in [6.07, 6.45) is 0.862. The molecule has 0 unspecified atom stereocenters. The Bertz CT molecular complexity index is 820. The summed E-state index contributed by atoms with van der Waals surface area (Å²) in [4.78, 5) is 29.7. The first-order valence-corrected chi connectivity index (χ1v) is 9.02. The molecule has 1 amide bonds. The molecule has 0 bridgehead atoms. The van der Waals surface area contributed by atoms with E-state index in [1.54, 1.807) is 4.90 Å². The van der Waals surface area contributed by atoms with Crippen LogP contribution < -0.4 is 9.80 Å². The number of hydrogen-bond acceptors (Lipinski definition) is 5. The van der Waals surface area contributed by atoms with Crippen LogP contribution in [0.3, 0.4) is 0 Å². The van der Waals surface area contributed by atoms with Gasteiger partial charge in [0.15, 0.2) is 0 Å². The first kappa shape index (κ1) is 18.8. The lowest BCUT2D eigenvalue weighted by Gasteiger charge is -2.27. The van der Waals surface area contributed by atoms with Gasteiger partial charge in [0.05, 0.1) is 16.3 Å². The van der Waals surface area contributed by atoms with Gasteiger partial charge in [-0.2, -0.15) is 0 Å². The Morgan fingerprint density at radius 1 is 1.07 bits per heavy atom. The van der Waals surface area contributed by atoms with E-state index in [2.05, 4.69) is 9.80 Å². The SMILES string of the molecule is CN(C)CCN1CCCN(C(=O)c2ccc([N+](=O)[O-])cc2)c2ccccc21. The lowest BCUT2D eigenvalue weighted by molar-refractivity contribution is -0.384. The predicted molar refractivity (Wildman–Crippen MR) is 107 cm³/mol. The smallest absolute Gasteiger partial charge is 0.269 e. The van der Waals surface area contributed by atoms with Crippen molar-refractivity contribution in [2.75, 3.05) is 50.1 Å². The average molecular weight is 368 g/mol. The Hall–Kier alpha value is -2.93. The molecular formula is C20H24N4O3. The molecule has 27 heavy (non-hydrogen) atoms. The zero-order valence-electron chi connectivity index (χ0n) is 15.7. The van der Waals surface area contributed by atoms with E-state index < -0.39 is 4.92 Å². The number of nitro groups is 1. The van der Waals surface area contributed by atoms with Crippen molar-refractivity contribution in [2.24, 2.45) is 0 Å². The van der Waals surface area contributed by atoms with Gasteiger partial charge in [-0.25, -0.2) is 0 Å². The highest BCUT2D eigenvalue weighted by Gasteiger charge is 2.25. The Labute approximate surface area is 158 Å². The van der Waals surface area contributed by atoms with E-state index in [4.69, 9.17) is 0 Å². The second-order valence-corrected chi connectivity index (χ2v) is 6.89. The molecule has 0 N–H and O–H groups in total. The summed E-state index contributed by atoms with van der Waals surface area (Å²) in [6.45, 7) is 3.33. The fourth-order valence-electron chi connectivity index (χ4n) is 3.27. The van der Waals surface area contributed by atoms with Gasteiger partial charge < -0.3 is 14.7 Å². The number of anilines is 2. The number of likely N-dealkylation sites (N-methyl/N-ethyl adjacent to an activating group) is 1. The van der Waals surface area contributed by atoms with Crippen molar-refractivity contribution in [1.82, 2.24) is 4.90 Å². The van der Waals surface area contributed by atoms with E-state index in [1.807, 2.05) is 38.4 Å². The van der Waals surface area contributed by atoms with Crippen molar-refractivity contribution >= 4 is 23.0 Å². The van der Waals surface area contributed by atoms with Crippen LogP contribution in [0.2, 0.25) is 0 Å². The van der Waals surface area contributed by atoms with Gasteiger partial charge in [0.25, 0.3) is 11.6 Å². The molecule has 2 aromatic carbocycles. The number of hydrogen-bond donors (Lipinski definition) is 0. The van der Waals surface area contributed by atoms with E-state index in [-0.39, 0.29) is 11.6 Å². The largest absolute Gasteiger partial charge is 0.368 e. The van der Waals surface area contributed by atoms with Crippen molar-refractivity contribution in [3.63, 3.8) is 0 Å². The second-order valence-electron chi connectivity index (χ2n) is 6.89. The van der Waals surface area contributed by atoms with E-state index in [0.717, 1.165) is 37.4 Å². The van der Waals surface area contributed by atoms with Crippen LogP contribution in [0.4, 0.5) is 17.1 Å². The highest BCUT2D eigenvalue weighted by atomic mass is 16.6. The Morgan fingerprint density at radius 2 is 1.74 bits per heavy atom. The van der Waals surface area contributed by atoms with Crippen LogP contribution in [0.25, 0.3) is 0 Å². The summed E-state index contributed by atoms with van der Waals surface area (Å²) in [7, 11) is 4.10. The number of carbonyl (C=O) groups is 1. The van der Waals surface area contributed by atoms with Gasteiger partial charge in [0.1, 0.15) is 0 Å². The number of rotatable bonds is 5. The maximum atomic E-state index is 13.1. The molecule has 0 radical (unpaired) electrons. The maximum Gasteiger partial charge on any atom is 0.269 e. The van der Waals surface area contributed by atoms with Gasteiger partial charge in [-0.15, -0.1) is 0 Å². The van der Waals surface area contributed by atoms with Gasteiger partial charge in [0.2, 0.25) is 0 Å². The van der Waals surface area contributed by atoms with E-state index in [1.165, 1.54) is 24.3 Å². The van der Waals surface area contributed by atoms with Crippen LogP contribution in [0.5, 0.6) is 0 Å². The summed E-state index contributed by atoms with van der Waals surface area (Å²) < 4.78 is 0. The summed E-state index contributed by atoms with van der Waals surface area (Å²) in [5.41, 5.74) is 2.37. The van der Waals surface area contributed by atoms with Crippen molar-refractivity contribution in [2.45, 2.75) is 6.42 Å². The molecule has 0 aromatic heterocycles. The average Bonchev–Trinajstić information content (AvgIpc) is 2.85. The Morgan fingerprint density at radius 3 is 2.37 bits per heavy atom. The number of para-hydroxylation sites is 2. The molecular weight excluding hydrogens is 344 g/mol. The van der Waals surface area contributed by atoms with Crippen LogP contribution in [0.15, 0.2) is 48.5 Å². The van der Waals surface area contributed by atoms with Crippen molar-refractivity contribution in [3.8, 4) is 0 Å². The summed E-state index contributed by atoms with van der Waals surface area (Å²) in [5.74, 6) is -0.133. The fourth-order valence-corrected chi connectivity index (χ4v) is 3.27. The van der Waals surface area contributed by atoms with Crippen LogP contribution in [-0.4, -0.2) is 56.0 Å². The van der Waals surface area contributed by atoms with Gasteiger partial charge in [-0.3, -0.25) is 14.9 Å². The van der Waals surface area contributed by atoms with E-state index in [9.17, 15) is 14.9 Å². The van der Waals surface area contributed by atoms with Crippen LogP contribution >= 0.6 is 0 Å². The Balaban J connectivity index is 1.89. The number of nitrogens with zero attached hydrogens (tertiary/aromatic N) is 4. The topological polar surface area (TPSA) is 69.9 Å². The minimum atomic E-state index is -0.460. The van der Waals surface area contributed by atoms with Crippen LogP contribution in [0, 0.1) is 10.1 Å². The third kappa shape index (κ3) is 4.25. The number of non-ortho nitro benzene ring substituents is 1. The summed E-state index contributed by atoms with van der Waals surface area (Å²) in [6, 6.07) is 13.7. The van der Waals surface area contributed by atoms with Gasteiger partial charge in [-0.1, -0.05) is 12.1 Å². The van der Waals surface area contributed by atoms with Gasteiger partial charge >= 0.3 is 0 Å². The predicted octanol–water partition coefficient (Wildman–Crippen LogP) is 3.01. The molecule has 0 saturated heterocycles. The van der Waals surface area contributed by atoms with E-state index >= 15 is 0 Å². The fraction of sp³-hybridized carbons (Fsp3) is 0.350. The number of nitro benzene ring substituents is 1. The standard InChI is InChI=1S/C20H24N4O3/c1-21(2)14-15-22-12-5-13-23(19-7-4-3-6-18(19)22)20(25)16-8-10-17(11-9-16)24(26)27/h3-4,6-11H,5,12-15H2,1-2H3. The molecule has 1 heterocycles. The molecule has 0 saturated carbocycles. The molecule has 0 fully saturated rings. The molecule has 142 valence electrons. The van der Waals surface area contributed by atoms with Gasteiger partial charge in [-0.05, 0) is 44.8 Å². The number of amides is 1. The van der Waals surface area contributed by atoms with Gasteiger partial charge in [0, 0.05) is 43.9 Å². The zero-order chi connectivity index (χ0) is 19.4. The Kier molecular flexibility index (Phi) is 5.71. The number of benzene rings is 2. The minimum Gasteiger partial charge on any atom is -0.368 e. The molecule has 0 aliphatic carbocycles. The molecule has 1 aliphatic rings. The number of fused-ring (bicyclic) bond motifs is 1. The molecule has 1 aliphatic heterocycles. The highest BCUT2D eigenvalue weighted by molar-refractivity contribution is 6.08. The van der Waals surface area contributed by atoms with Crippen molar-refractivity contribution in [1.29, 1.82) is 0 Å². The minimum absolute atomic E-state index is 0.0160. The first-order valence-electron chi connectivity index (χ1n) is 9.02. The lowest BCUT2D eigenvalue weighted by atomic mass is 10.1. The highest BCUT2D eigenvalue weighted by Crippen LogP contribution is 2.33. The lowest BCUT2D eigenvalue weighted by Crippen LogP contribution is -2.32. The summed E-state index contributed by atoms with van der Waals surface area (Å²) >= 11 is 0. The second kappa shape index (κ2) is 8.18. The van der Waals surface area contributed by atoms with Crippen LogP contribution in [0.1, 0.15) is 16.8 Å². The van der Waals surface area contributed by atoms with Crippen molar-refractivity contribution < 1.29 is 9.72 Å². The third-order valence-electron chi connectivity index (χ3n) is 4.71. The quantitative estimate of drug-likeness (QED) is 0.599. The molecule has 3 rings (SSSR count). The van der Waals surface area contributed by atoms with E-state index in [0.29, 0.717) is 12.1 Å². The normalized spacial score (nSPS) is 14.0. The molecule has 0 spiro atoms. The number of carbonyl (C=O) groups excluding carboxylic acids is 1. The summed E-state index contributed by atoms with van der Waals surface area (Å²) in [5, 5.41) is 10.8. The molecule has 7 heteroatoms. The zero-order valence-corrected chi connectivity index (χ0v) is 15.7. The third-order valence-corrected chi connectivity index (χ3v) is 4.71. The first-order chi connectivity index (χ1) is 13.0. The molecule has 7 nitrogen and oxygen atoms in total. The monoisotopic (exact) mass is 368 g/mol. The molecule has 2 aromatic rings. The van der Waals surface area contributed by atoms with Crippen molar-refractivity contribution in [3.05, 3.63) is 64.2 Å².